The normalized spacial score (nSPS) is 25.0. The van der Waals surface area contributed by atoms with Crippen molar-refractivity contribution in [2.75, 3.05) is 6.54 Å². The first-order chi connectivity index (χ1) is 7.96. The molecule has 0 aromatic heterocycles. The second-order valence-electron chi connectivity index (χ2n) is 7.03. The Morgan fingerprint density at radius 1 is 1.39 bits per heavy atom. The van der Waals surface area contributed by atoms with Gasteiger partial charge in [-0.3, -0.25) is 4.79 Å². The average Bonchev–Trinajstić information content (AvgIpc) is 2.51. The highest BCUT2D eigenvalue weighted by Gasteiger charge is 2.46. The summed E-state index contributed by atoms with van der Waals surface area (Å²) in [6.45, 7) is 10.0. The van der Waals surface area contributed by atoms with Crippen molar-refractivity contribution in [3.05, 3.63) is 0 Å². The summed E-state index contributed by atoms with van der Waals surface area (Å²) in [7, 11) is 0. The summed E-state index contributed by atoms with van der Waals surface area (Å²) >= 11 is 0. The Morgan fingerprint density at radius 3 is 2.28 bits per heavy atom. The molecular weight excluding hydrogens is 232 g/mol. The van der Waals surface area contributed by atoms with Crippen molar-refractivity contribution in [3.8, 4) is 0 Å². The fourth-order valence-electron chi connectivity index (χ4n) is 2.27. The van der Waals surface area contributed by atoms with E-state index in [4.69, 9.17) is 5.73 Å². The van der Waals surface area contributed by atoms with Gasteiger partial charge in [-0.2, -0.15) is 0 Å². The highest BCUT2D eigenvalue weighted by molar-refractivity contribution is 5.88. The van der Waals surface area contributed by atoms with Gasteiger partial charge in [-0.05, 0) is 17.3 Å². The van der Waals surface area contributed by atoms with Gasteiger partial charge in [-0.25, -0.2) is 4.79 Å². The van der Waals surface area contributed by atoms with Crippen LogP contribution in [-0.2, 0) is 9.59 Å². The summed E-state index contributed by atoms with van der Waals surface area (Å²) in [5.41, 5.74) is 5.40. The molecule has 0 spiro atoms. The molecule has 3 N–H and O–H groups in total. The maximum atomic E-state index is 12.3. The van der Waals surface area contributed by atoms with Gasteiger partial charge in [-0.15, -0.1) is 0 Å². The number of carboxylic acid groups (broad SMARTS) is 1. The number of amides is 1. The second kappa shape index (κ2) is 4.53. The molecule has 0 unspecified atom stereocenters. The first-order valence-electron chi connectivity index (χ1n) is 6.24. The lowest BCUT2D eigenvalue weighted by atomic mass is 9.86. The van der Waals surface area contributed by atoms with Crippen molar-refractivity contribution in [1.29, 1.82) is 0 Å². The number of hydrogen-bond acceptors (Lipinski definition) is 3. The summed E-state index contributed by atoms with van der Waals surface area (Å²) in [4.78, 5) is 25.0. The van der Waals surface area contributed by atoms with Gasteiger partial charge in [0.15, 0.2) is 0 Å². The van der Waals surface area contributed by atoms with Crippen molar-refractivity contribution in [2.45, 2.75) is 53.1 Å². The average molecular weight is 256 g/mol. The molecule has 1 saturated heterocycles. The van der Waals surface area contributed by atoms with Crippen molar-refractivity contribution in [2.24, 2.45) is 16.6 Å². The second-order valence-corrected chi connectivity index (χ2v) is 7.03. The third kappa shape index (κ3) is 3.02. The molecule has 0 radical (unpaired) electrons. The van der Waals surface area contributed by atoms with Crippen LogP contribution in [0, 0.1) is 10.8 Å². The quantitative estimate of drug-likeness (QED) is 0.774. The third-order valence-electron chi connectivity index (χ3n) is 3.49. The van der Waals surface area contributed by atoms with E-state index in [0.29, 0.717) is 13.0 Å². The first kappa shape index (κ1) is 15.0. The predicted octanol–water partition coefficient (Wildman–Crippen LogP) is 1.07. The Morgan fingerprint density at radius 2 is 1.89 bits per heavy atom. The van der Waals surface area contributed by atoms with Crippen molar-refractivity contribution in [1.82, 2.24) is 4.90 Å². The molecule has 1 heterocycles. The van der Waals surface area contributed by atoms with E-state index in [1.54, 1.807) is 0 Å². The summed E-state index contributed by atoms with van der Waals surface area (Å²) in [6, 6.07) is -1.42. The maximum Gasteiger partial charge on any atom is 0.326 e. The van der Waals surface area contributed by atoms with Crippen LogP contribution in [-0.4, -0.2) is 40.5 Å². The minimum Gasteiger partial charge on any atom is -0.480 e. The van der Waals surface area contributed by atoms with Gasteiger partial charge in [0.2, 0.25) is 5.91 Å². The number of likely N-dealkylation sites (tertiary alicyclic amines) is 1. The monoisotopic (exact) mass is 256 g/mol. The molecule has 104 valence electrons. The van der Waals surface area contributed by atoms with Gasteiger partial charge in [0.1, 0.15) is 6.04 Å². The lowest BCUT2D eigenvalue weighted by Crippen LogP contribution is -2.53. The molecule has 5 heteroatoms. The lowest BCUT2D eigenvalue weighted by Gasteiger charge is -2.32. The van der Waals surface area contributed by atoms with E-state index >= 15 is 0 Å². The fourth-order valence-corrected chi connectivity index (χ4v) is 2.27. The minimum atomic E-state index is -0.949. The van der Waals surface area contributed by atoms with E-state index in [2.05, 4.69) is 0 Å². The van der Waals surface area contributed by atoms with E-state index in [1.807, 2.05) is 34.6 Å². The van der Waals surface area contributed by atoms with E-state index in [-0.39, 0.29) is 16.7 Å². The molecule has 1 rings (SSSR count). The summed E-state index contributed by atoms with van der Waals surface area (Å²) < 4.78 is 0. The Bertz CT molecular complexity index is 358. The van der Waals surface area contributed by atoms with Crippen LogP contribution < -0.4 is 5.73 Å². The molecule has 1 amide bonds. The van der Waals surface area contributed by atoms with E-state index < -0.39 is 18.1 Å². The SMILES string of the molecule is CC1(C)C[C@@H](C(=O)O)N(C(=O)[C@@H](N)C(C)(C)C)C1. The fraction of sp³-hybridized carbons (Fsp3) is 0.846. The van der Waals surface area contributed by atoms with Gasteiger partial charge >= 0.3 is 5.97 Å². The number of rotatable bonds is 2. The topological polar surface area (TPSA) is 83.6 Å². The van der Waals surface area contributed by atoms with Gasteiger partial charge in [0, 0.05) is 6.54 Å². The van der Waals surface area contributed by atoms with Crippen LogP contribution in [0.15, 0.2) is 0 Å². The number of carbonyl (C=O) groups is 2. The Hall–Kier alpha value is -1.10. The Balaban J connectivity index is 2.94. The lowest BCUT2D eigenvalue weighted by molar-refractivity contribution is -0.149. The standard InChI is InChI=1S/C13H24N2O3/c1-12(2,3)9(14)10(16)15-7-13(4,5)6-8(15)11(17)18/h8-9H,6-7,14H2,1-5H3,(H,17,18)/t8-,9+/m0/s1. The summed E-state index contributed by atoms with van der Waals surface area (Å²) in [5.74, 6) is -1.21. The molecule has 0 aromatic carbocycles. The first-order valence-corrected chi connectivity index (χ1v) is 6.24. The van der Waals surface area contributed by atoms with Crippen molar-refractivity contribution in [3.63, 3.8) is 0 Å². The minimum absolute atomic E-state index is 0.170. The molecule has 18 heavy (non-hydrogen) atoms. The highest BCUT2D eigenvalue weighted by atomic mass is 16.4. The number of hydrogen-bond donors (Lipinski definition) is 2. The van der Waals surface area contributed by atoms with Crippen LogP contribution in [0.5, 0.6) is 0 Å². The van der Waals surface area contributed by atoms with Gasteiger partial charge in [0.05, 0.1) is 6.04 Å². The predicted molar refractivity (Wildman–Crippen MR) is 69.0 cm³/mol. The van der Waals surface area contributed by atoms with Crippen LogP contribution in [0.3, 0.4) is 0 Å². The largest absolute Gasteiger partial charge is 0.480 e. The van der Waals surface area contributed by atoms with Crippen LogP contribution in [0.1, 0.15) is 41.0 Å². The number of aliphatic carboxylic acids is 1. The summed E-state index contributed by atoms with van der Waals surface area (Å²) in [5, 5.41) is 9.21. The molecule has 0 aliphatic carbocycles. The molecular formula is C13H24N2O3. The van der Waals surface area contributed by atoms with Crippen LogP contribution >= 0.6 is 0 Å². The van der Waals surface area contributed by atoms with Crippen LogP contribution in [0.25, 0.3) is 0 Å². The Labute approximate surface area is 108 Å². The molecule has 1 aliphatic heterocycles. The maximum absolute atomic E-state index is 12.3. The van der Waals surface area contributed by atoms with Crippen LogP contribution in [0.2, 0.25) is 0 Å². The van der Waals surface area contributed by atoms with Crippen molar-refractivity contribution >= 4 is 11.9 Å². The number of carbonyl (C=O) groups excluding carboxylic acids is 1. The summed E-state index contributed by atoms with van der Waals surface area (Å²) in [6.07, 6.45) is 0.477. The molecule has 0 bridgehead atoms. The van der Waals surface area contributed by atoms with Gasteiger partial charge in [-0.1, -0.05) is 34.6 Å². The molecule has 2 atom stereocenters. The molecule has 1 fully saturated rings. The number of carboxylic acids is 1. The molecule has 1 aliphatic rings. The highest BCUT2D eigenvalue weighted by Crippen LogP contribution is 2.35. The third-order valence-corrected chi connectivity index (χ3v) is 3.49. The number of nitrogens with zero attached hydrogens (tertiary/aromatic N) is 1. The van der Waals surface area contributed by atoms with Gasteiger partial charge < -0.3 is 15.7 Å². The zero-order valence-corrected chi connectivity index (χ0v) is 11.9. The smallest absolute Gasteiger partial charge is 0.326 e. The van der Waals surface area contributed by atoms with Gasteiger partial charge in [0.25, 0.3) is 0 Å². The molecule has 5 nitrogen and oxygen atoms in total. The van der Waals surface area contributed by atoms with E-state index in [9.17, 15) is 14.7 Å². The molecule has 0 aromatic rings. The number of nitrogens with two attached hydrogens (primary N) is 1. The van der Waals surface area contributed by atoms with Crippen LogP contribution in [0.4, 0.5) is 0 Å². The Kier molecular flexibility index (Phi) is 3.77. The van der Waals surface area contributed by atoms with Crippen molar-refractivity contribution < 1.29 is 14.7 Å². The van der Waals surface area contributed by atoms with E-state index in [0.717, 1.165) is 0 Å². The molecule has 0 saturated carbocycles. The zero-order valence-electron chi connectivity index (χ0n) is 11.9. The zero-order chi connectivity index (χ0) is 14.3. The van der Waals surface area contributed by atoms with E-state index in [1.165, 1.54) is 4.90 Å².